The molecule has 0 unspecified atom stereocenters. The second-order valence-electron chi connectivity index (χ2n) is 3.97. The van der Waals surface area contributed by atoms with Crippen molar-refractivity contribution in [3.8, 4) is 12.3 Å². The Hall–Kier alpha value is -2.35. The highest BCUT2D eigenvalue weighted by atomic mass is 19.1. The Bertz CT molecular complexity index is 490. The molecule has 5 heteroatoms. The molecule has 0 fully saturated rings. The van der Waals surface area contributed by atoms with Crippen LogP contribution < -0.4 is 5.32 Å². The number of nitrogens with one attached hydrogen (secondary N) is 1. The standard InChI is InChI=1S/C14H14FNO3/c1-2-3-4-5-12(14(18)19)16-13(17)10-6-8-11(15)9-7-10/h1,6-9,12H,3-5H2,(H,16,17)(H,18,19)/t12-/m1/s1. The Morgan fingerprint density at radius 2 is 2.00 bits per heavy atom. The zero-order valence-electron chi connectivity index (χ0n) is 10.2. The summed E-state index contributed by atoms with van der Waals surface area (Å²) in [7, 11) is 0. The molecule has 1 atom stereocenters. The van der Waals surface area contributed by atoms with E-state index in [1.807, 2.05) is 0 Å². The van der Waals surface area contributed by atoms with Crippen LogP contribution in [0.5, 0.6) is 0 Å². The van der Waals surface area contributed by atoms with Crippen molar-refractivity contribution in [3.05, 3.63) is 35.6 Å². The molecule has 1 aromatic carbocycles. The first kappa shape index (κ1) is 14.7. The molecular formula is C14H14FNO3. The van der Waals surface area contributed by atoms with Gasteiger partial charge in [0.1, 0.15) is 11.9 Å². The van der Waals surface area contributed by atoms with E-state index in [9.17, 15) is 14.0 Å². The van der Waals surface area contributed by atoms with Crippen LogP contribution in [-0.4, -0.2) is 23.0 Å². The molecule has 0 saturated heterocycles. The maximum atomic E-state index is 12.7. The predicted molar refractivity (Wildman–Crippen MR) is 68.0 cm³/mol. The molecule has 0 aliphatic rings. The monoisotopic (exact) mass is 263 g/mol. The third-order valence-corrected chi connectivity index (χ3v) is 2.52. The highest BCUT2D eigenvalue weighted by Gasteiger charge is 2.19. The van der Waals surface area contributed by atoms with E-state index in [0.29, 0.717) is 12.8 Å². The lowest BCUT2D eigenvalue weighted by Crippen LogP contribution is -2.40. The lowest BCUT2D eigenvalue weighted by molar-refractivity contribution is -0.139. The van der Waals surface area contributed by atoms with Crippen LogP contribution in [0.4, 0.5) is 4.39 Å². The van der Waals surface area contributed by atoms with Crippen LogP contribution in [0.25, 0.3) is 0 Å². The Morgan fingerprint density at radius 1 is 1.37 bits per heavy atom. The summed E-state index contributed by atoms with van der Waals surface area (Å²) in [6.45, 7) is 0. The quantitative estimate of drug-likeness (QED) is 0.607. The van der Waals surface area contributed by atoms with Crippen LogP contribution in [0.2, 0.25) is 0 Å². The van der Waals surface area contributed by atoms with Crippen molar-refractivity contribution in [2.75, 3.05) is 0 Å². The van der Waals surface area contributed by atoms with Gasteiger partial charge in [-0.1, -0.05) is 0 Å². The van der Waals surface area contributed by atoms with E-state index in [1.54, 1.807) is 0 Å². The number of hydrogen-bond donors (Lipinski definition) is 2. The summed E-state index contributed by atoms with van der Waals surface area (Å²) in [5.74, 6) is 0.282. The fourth-order valence-electron chi connectivity index (χ4n) is 1.51. The van der Waals surface area contributed by atoms with Crippen molar-refractivity contribution in [3.63, 3.8) is 0 Å². The van der Waals surface area contributed by atoms with Crippen LogP contribution in [-0.2, 0) is 4.79 Å². The Kier molecular flexibility index (Phi) is 5.55. The zero-order chi connectivity index (χ0) is 14.3. The Labute approximate surface area is 110 Å². The molecule has 1 rings (SSSR count). The molecule has 0 saturated carbocycles. The summed E-state index contributed by atoms with van der Waals surface area (Å²) < 4.78 is 12.7. The van der Waals surface area contributed by atoms with Gasteiger partial charge in [0.15, 0.2) is 0 Å². The molecule has 0 aliphatic heterocycles. The fourth-order valence-corrected chi connectivity index (χ4v) is 1.51. The van der Waals surface area contributed by atoms with Crippen LogP contribution in [0, 0.1) is 18.2 Å². The lowest BCUT2D eigenvalue weighted by atomic mass is 10.1. The second kappa shape index (κ2) is 7.17. The first-order valence-corrected chi connectivity index (χ1v) is 5.77. The van der Waals surface area contributed by atoms with E-state index in [4.69, 9.17) is 11.5 Å². The van der Waals surface area contributed by atoms with E-state index in [-0.39, 0.29) is 12.0 Å². The second-order valence-corrected chi connectivity index (χ2v) is 3.97. The van der Waals surface area contributed by atoms with E-state index in [1.165, 1.54) is 12.1 Å². The molecule has 0 aliphatic carbocycles. The Morgan fingerprint density at radius 3 is 2.53 bits per heavy atom. The maximum Gasteiger partial charge on any atom is 0.326 e. The summed E-state index contributed by atoms with van der Waals surface area (Å²) in [6.07, 6.45) is 6.30. The molecule has 2 N–H and O–H groups in total. The number of hydrogen-bond acceptors (Lipinski definition) is 2. The average Bonchev–Trinajstić information content (AvgIpc) is 2.38. The number of aliphatic carboxylic acids is 1. The summed E-state index contributed by atoms with van der Waals surface area (Å²) in [4.78, 5) is 22.8. The molecule has 1 aromatic rings. The number of unbranched alkanes of at least 4 members (excludes halogenated alkanes) is 1. The average molecular weight is 263 g/mol. The van der Waals surface area contributed by atoms with Gasteiger partial charge in [-0.05, 0) is 37.1 Å². The minimum atomic E-state index is -1.12. The number of rotatable bonds is 6. The number of carboxylic acids is 1. The summed E-state index contributed by atoms with van der Waals surface area (Å²) in [6, 6.07) is 3.88. The lowest BCUT2D eigenvalue weighted by Gasteiger charge is -2.13. The molecular weight excluding hydrogens is 249 g/mol. The van der Waals surface area contributed by atoms with Crippen molar-refractivity contribution in [1.82, 2.24) is 5.32 Å². The van der Waals surface area contributed by atoms with Crippen molar-refractivity contribution >= 4 is 11.9 Å². The van der Waals surface area contributed by atoms with Crippen LogP contribution in [0.1, 0.15) is 29.6 Å². The maximum absolute atomic E-state index is 12.7. The number of carbonyl (C=O) groups excluding carboxylic acids is 1. The van der Waals surface area contributed by atoms with Gasteiger partial charge >= 0.3 is 5.97 Å². The van der Waals surface area contributed by atoms with Gasteiger partial charge in [0.25, 0.3) is 5.91 Å². The van der Waals surface area contributed by atoms with Gasteiger partial charge in [0, 0.05) is 12.0 Å². The molecule has 4 nitrogen and oxygen atoms in total. The zero-order valence-corrected chi connectivity index (χ0v) is 10.2. The molecule has 100 valence electrons. The van der Waals surface area contributed by atoms with Gasteiger partial charge in [-0.25, -0.2) is 9.18 Å². The number of amides is 1. The molecule has 0 aromatic heterocycles. The summed E-state index contributed by atoms with van der Waals surface area (Å²) in [5, 5.41) is 11.4. The molecule has 0 heterocycles. The van der Waals surface area contributed by atoms with E-state index < -0.39 is 23.7 Å². The SMILES string of the molecule is C#CCCC[C@@H](NC(=O)c1ccc(F)cc1)C(=O)O. The molecule has 0 radical (unpaired) electrons. The largest absolute Gasteiger partial charge is 0.480 e. The fraction of sp³-hybridized carbons (Fsp3) is 0.286. The van der Waals surface area contributed by atoms with Crippen molar-refractivity contribution in [2.45, 2.75) is 25.3 Å². The first-order chi connectivity index (χ1) is 9.04. The van der Waals surface area contributed by atoms with E-state index >= 15 is 0 Å². The van der Waals surface area contributed by atoms with Gasteiger partial charge in [0.05, 0.1) is 0 Å². The van der Waals surface area contributed by atoms with Crippen molar-refractivity contribution in [2.24, 2.45) is 0 Å². The van der Waals surface area contributed by atoms with E-state index in [0.717, 1.165) is 12.1 Å². The highest BCUT2D eigenvalue weighted by Crippen LogP contribution is 2.05. The third-order valence-electron chi connectivity index (χ3n) is 2.52. The van der Waals surface area contributed by atoms with Gasteiger partial charge in [-0.2, -0.15) is 0 Å². The first-order valence-electron chi connectivity index (χ1n) is 5.77. The summed E-state index contributed by atoms with van der Waals surface area (Å²) >= 11 is 0. The van der Waals surface area contributed by atoms with Gasteiger partial charge in [-0.3, -0.25) is 4.79 Å². The smallest absolute Gasteiger partial charge is 0.326 e. The summed E-state index contributed by atoms with van der Waals surface area (Å²) in [5.41, 5.74) is 0.213. The molecule has 0 bridgehead atoms. The number of terminal acetylenes is 1. The molecule has 0 spiro atoms. The minimum absolute atomic E-state index is 0.213. The molecule has 1 amide bonds. The van der Waals surface area contributed by atoms with Gasteiger partial charge < -0.3 is 10.4 Å². The van der Waals surface area contributed by atoms with Crippen LogP contribution in [0.3, 0.4) is 0 Å². The number of halogens is 1. The van der Waals surface area contributed by atoms with Crippen LogP contribution in [0.15, 0.2) is 24.3 Å². The Balaban J connectivity index is 2.63. The number of carboxylic acid groups (broad SMARTS) is 1. The predicted octanol–water partition coefficient (Wildman–Crippen LogP) is 1.81. The minimum Gasteiger partial charge on any atom is -0.480 e. The van der Waals surface area contributed by atoms with Gasteiger partial charge in [-0.15, -0.1) is 12.3 Å². The third kappa shape index (κ3) is 4.80. The van der Waals surface area contributed by atoms with Gasteiger partial charge in [0.2, 0.25) is 0 Å². The number of carbonyl (C=O) groups is 2. The highest BCUT2D eigenvalue weighted by molar-refractivity contribution is 5.96. The van der Waals surface area contributed by atoms with Crippen molar-refractivity contribution < 1.29 is 19.1 Å². The van der Waals surface area contributed by atoms with Crippen LogP contribution >= 0.6 is 0 Å². The molecule has 19 heavy (non-hydrogen) atoms. The van der Waals surface area contributed by atoms with E-state index in [2.05, 4.69) is 11.2 Å². The number of benzene rings is 1. The topological polar surface area (TPSA) is 66.4 Å². The van der Waals surface area contributed by atoms with Crippen molar-refractivity contribution in [1.29, 1.82) is 0 Å². The normalized spacial score (nSPS) is 11.4.